The molecule has 98 valence electrons. The molecule has 0 aliphatic rings. The van der Waals surface area contributed by atoms with Crippen LogP contribution in [-0.4, -0.2) is 0 Å². The van der Waals surface area contributed by atoms with Gasteiger partial charge in [-0.15, -0.1) is 0 Å². The van der Waals surface area contributed by atoms with Crippen molar-refractivity contribution >= 4 is 0 Å². The Labute approximate surface area is 115 Å². The summed E-state index contributed by atoms with van der Waals surface area (Å²) in [7, 11) is 0. The average Bonchev–Trinajstić information content (AvgIpc) is 2.47. The van der Waals surface area contributed by atoms with E-state index in [2.05, 4.69) is 0 Å². The predicted octanol–water partition coefficient (Wildman–Crippen LogP) is 4.11. The maximum Gasteiger partial charge on any atom is 0.336 e. The monoisotopic (exact) mass is 266 g/mol. The van der Waals surface area contributed by atoms with Gasteiger partial charge in [0.15, 0.2) is 0 Å². The first-order valence-corrected chi connectivity index (χ1v) is 6.19. The lowest BCUT2D eigenvalue weighted by molar-refractivity contribution is 0.525. The molecular formula is C17H11FO2. The topological polar surface area (TPSA) is 30.2 Å². The Balaban J connectivity index is 2.15. The van der Waals surface area contributed by atoms with Crippen molar-refractivity contribution in [2.45, 2.75) is 0 Å². The van der Waals surface area contributed by atoms with E-state index < -0.39 is 5.63 Å². The van der Waals surface area contributed by atoms with E-state index in [1.165, 1.54) is 18.2 Å². The molecule has 1 heterocycles. The van der Waals surface area contributed by atoms with Crippen LogP contribution < -0.4 is 5.63 Å². The van der Waals surface area contributed by atoms with E-state index in [1.54, 1.807) is 18.2 Å². The molecule has 3 heteroatoms. The highest BCUT2D eigenvalue weighted by Gasteiger charge is 2.07. The van der Waals surface area contributed by atoms with Crippen LogP contribution in [0.5, 0.6) is 0 Å². The van der Waals surface area contributed by atoms with Gasteiger partial charge in [-0.1, -0.05) is 42.5 Å². The van der Waals surface area contributed by atoms with Crippen molar-refractivity contribution in [1.29, 1.82) is 0 Å². The minimum Gasteiger partial charge on any atom is -0.423 e. The van der Waals surface area contributed by atoms with Crippen molar-refractivity contribution < 1.29 is 8.81 Å². The van der Waals surface area contributed by atoms with Gasteiger partial charge in [0, 0.05) is 11.6 Å². The maximum atomic E-state index is 13.3. The molecule has 0 unspecified atom stereocenters. The fourth-order valence-corrected chi connectivity index (χ4v) is 2.06. The van der Waals surface area contributed by atoms with E-state index >= 15 is 0 Å². The van der Waals surface area contributed by atoms with Crippen LogP contribution in [0.15, 0.2) is 75.9 Å². The fourth-order valence-electron chi connectivity index (χ4n) is 2.06. The number of hydrogen-bond donors (Lipinski definition) is 0. The van der Waals surface area contributed by atoms with Gasteiger partial charge in [-0.3, -0.25) is 0 Å². The van der Waals surface area contributed by atoms with Crippen LogP contribution in [0.4, 0.5) is 4.39 Å². The van der Waals surface area contributed by atoms with Gasteiger partial charge in [-0.2, -0.15) is 0 Å². The summed E-state index contributed by atoms with van der Waals surface area (Å²) >= 11 is 0. The number of hydrogen-bond acceptors (Lipinski definition) is 2. The summed E-state index contributed by atoms with van der Waals surface area (Å²) in [6.45, 7) is 0. The van der Waals surface area contributed by atoms with Gasteiger partial charge < -0.3 is 4.42 Å². The molecule has 2 nitrogen and oxygen atoms in total. The summed E-state index contributed by atoms with van der Waals surface area (Å²) in [6.07, 6.45) is 0. The average molecular weight is 266 g/mol. The van der Waals surface area contributed by atoms with Crippen molar-refractivity contribution in [3.8, 4) is 22.5 Å². The Morgan fingerprint density at radius 2 is 1.50 bits per heavy atom. The zero-order chi connectivity index (χ0) is 13.9. The molecule has 0 bridgehead atoms. The highest BCUT2D eigenvalue weighted by atomic mass is 19.1. The smallest absolute Gasteiger partial charge is 0.336 e. The Bertz CT molecular complexity index is 791. The third-order valence-electron chi connectivity index (χ3n) is 2.99. The largest absolute Gasteiger partial charge is 0.423 e. The third kappa shape index (κ3) is 2.52. The first-order chi connectivity index (χ1) is 9.72. The van der Waals surface area contributed by atoms with Crippen molar-refractivity contribution in [1.82, 2.24) is 0 Å². The number of halogens is 1. The van der Waals surface area contributed by atoms with Gasteiger partial charge in [-0.05, 0) is 29.3 Å². The molecule has 0 aliphatic carbocycles. The Kier molecular flexibility index (Phi) is 3.17. The third-order valence-corrected chi connectivity index (χ3v) is 2.99. The molecule has 0 saturated carbocycles. The molecule has 1 aromatic heterocycles. The van der Waals surface area contributed by atoms with Crippen LogP contribution >= 0.6 is 0 Å². The molecule has 3 rings (SSSR count). The highest BCUT2D eigenvalue weighted by molar-refractivity contribution is 5.68. The zero-order valence-electron chi connectivity index (χ0n) is 10.5. The van der Waals surface area contributed by atoms with Gasteiger partial charge in [0.1, 0.15) is 11.6 Å². The Morgan fingerprint density at radius 1 is 0.750 bits per heavy atom. The second kappa shape index (κ2) is 5.13. The first kappa shape index (κ1) is 12.4. The molecule has 0 atom stereocenters. The molecule has 0 N–H and O–H groups in total. The van der Waals surface area contributed by atoms with Crippen LogP contribution in [0.3, 0.4) is 0 Å². The first-order valence-electron chi connectivity index (χ1n) is 6.19. The lowest BCUT2D eigenvalue weighted by Gasteiger charge is -2.04. The van der Waals surface area contributed by atoms with Gasteiger partial charge in [-0.25, -0.2) is 9.18 Å². The molecule has 3 aromatic rings. The van der Waals surface area contributed by atoms with Crippen LogP contribution in [-0.2, 0) is 0 Å². The van der Waals surface area contributed by atoms with E-state index in [9.17, 15) is 9.18 Å². The van der Waals surface area contributed by atoms with E-state index in [-0.39, 0.29) is 5.82 Å². The van der Waals surface area contributed by atoms with Crippen LogP contribution in [0.1, 0.15) is 0 Å². The van der Waals surface area contributed by atoms with Gasteiger partial charge >= 0.3 is 5.63 Å². The maximum absolute atomic E-state index is 13.3. The van der Waals surface area contributed by atoms with Crippen LogP contribution in [0.2, 0.25) is 0 Å². The van der Waals surface area contributed by atoms with Crippen molar-refractivity contribution in [3.05, 3.63) is 83.0 Å². The van der Waals surface area contributed by atoms with E-state index in [4.69, 9.17) is 4.42 Å². The summed E-state index contributed by atoms with van der Waals surface area (Å²) in [4.78, 5) is 11.7. The van der Waals surface area contributed by atoms with Crippen LogP contribution in [0, 0.1) is 5.82 Å². The molecule has 0 radical (unpaired) electrons. The summed E-state index contributed by atoms with van der Waals surface area (Å²) in [5.74, 6) is -0.00823. The zero-order valence-corrected chi connectivity index (χ0v) is 10.5. The molecule has 0 aliphatic heterocycles. The van der Waals surface area contributed by atoms with E-state index in [0.717, 1.165) is 11.1 Å². The Morgan fingerprint density at radius 3 is 2.25 bits per heavy atom. The van der Waals surface area contributed by atoms with E-state index in [0.29, 0.717) is 11.3 Å². The number of benzene rings is 2. The molecule has 2 aromatic carbocycles. The standard InChI is InChI=1S/C17H11FO2/c18-15-8-4-7-13(9-15)16-10-14(11-17(19)20-16)12-5-2-1-3-6-12/h1-11H. The lowest BCUT2D eigenvalue weighted by Crippen LogP contribution is -1.98. The highest BCUT2D eigenvalue weighted by Crippen LogP contribution is 2.24. The van der Waals surface area contributed by atoms with Crippen molar-refractivity contribution in [3.63, 3.8) is 0 Å². The predicted molar refractivity (Wildman–Crippen MR) is 75.8 cm³/mol. The summed E-state index contributed by atoms with van der Waals surface area (Å²) in [5.41, 5.74) is 1.75. The fraction of sp³-hybridized carbons (Fsp3) is 0. The quantitative estimate of drug-likeness (QED) is 0.698. The van der Waals surface area contributed by atoms with Gasteiger partial charge in [0.2, 0.25) is 0 Å². The molecule has 20 heavy (non-hydrogen) atoms. The SMILES string of the molecule is O=c1cc(-c2ccccc2)cc(-c2cccc(F)c2)o1. The lowest BCUT2D eigenvalue weighted by atomic mass is 10.0. The summed E-state index contributed by atoms with van der Waals surface area (Å²) in [5, 5.41) is 0. The summed E-state index contributed by atoms with van der Waals surface area (Å²) in [6, 6.07) is 18.7. The summed E-state index contributed by atoms with van der Waals surface area (Å²) < 4.78 is 18.4. The normalized spacial score (nSPS) is 10.4. The van der Waals surface area contributed by atoms with E-state index in [1.807, 2.05) is 30.3 Å². The molecule has 0 amide bonds. The van der Waals surface area contributed by atoms with Crippen molar-refractivity contribution in [2.24, 2.45) is 0 Å². The molecule has 0 spiro atoms. The number of rotatable bonds is 2. The minimum atomic E-state index is -0.453. The molecule has 0 saturated heterocycles. The molecule has 0 fully saturated rings. The van der Waals surface area contributed by atoms with Gasteiger partial charge in [0.25, 0.3) is 0 Å². The van der Waals surface area contributed by atoms with Crippen LogP contribution in [0.25, 0.3) is 22.5 Å². The Hall–Kier alpha value is -2.68. The second-order valence-electron chi connectivity index (χ2n) is 4.41. The van der Waals surface area contributed by atoms with Crippen molar-refractivity contribution in [2.75, 3.05) is 0 Å². The van der Waals surface area contributed by atoms with Gasteiger partial charge in [0.05, 0.1) is 0 Å². The molecular weight excluding hydrogens is 255 g/mol. The minimum absolute atomic E-state index is 0.357. The second-order valence-corrected chi connectivity index (χ2v) is 4.41.